The molecule has 0 atom stereocenters. The van der Waals surface area contributed by atoms with Gasteiger partial charge >= 0.3 is 0 Å². The lowest BCUT2D eigenvalue weighted by atomic mass is 10.1. The number of piperidine rings is 1. The van der Waals surface area contributed by atoms with Crippen LogP contribution in [0.2, 0.25) is 0 Å². The molecule has 0 unspecified atom stereocenters. The van der Waals surface area contributed by atoms with Gasteiger partial charge in [0.2, 0.25) is 5.91 Å². The summed E-state index contributed by atoms with van der Waals surface area (Å²) in [6.07, 6.45) is 1.73. The number of aromatic nitrogens is 4. The highest BCUT2D eigenvalue weighted by molar-refractivity contribution is 6.02. The first-order chi connectivity index (χ1) is 12.9. The van der Waals surface area contributed by atoms with Crippen LogP contribution < -0.4 is 5.32 Å². The van der Waals surface area contributed by atoms with Crippen LogP contribution in [-0.4, -0.2) is 49.4 Å². The van der Waals surface area contributed by atoms with Crippen LogP contribution in [0.1, 0.15) is 47.6 Å². The normalized spacial score (nSPS) is 14.6. The second kappa shape index (κ2) is 7.85. The van der Waals surface area contributed by atoms with E-state index < -0.39 is 12.3 Å². The van der Waals surface area contributed by atoms with E-state index in [1.807, 2.05) is 0 Å². The number of nitrogens with zero attached hydrogens (tertiary/aromatic N) is 5. The summed E-state index contributed by atoms with van der Waals surface area (Å²) in [6.45, 7) is 2.73. The average Bonchev–Trinajstić information content (AvgIpc) is 3.18. The van der Waals surface area contributed by atoms with E-state index in [9.17, 15) is 18.4 Å². The number of alkyl halides is 2. The lowest BCUT2D eigenvalue weighted by Gasteiger charge is -2.27. The molecule has 0 radical (unpaired) electrons. The summed E-state index contributed by atoms with van der Waals surface area (Å²) >= 11 is 0. The SMILES string of the molecule is Cc1cc(C(F)F)nn1CC(=O)Nc1cnn(C)c1C(=O)N1CCCCC1. The molecule has 1 aliphatic heterocycles. The molecule has 1 N–H and O–H groups in total. The molecule has 1 saturated heterocycles. The Morgan fingerprint density at radius 1 is 1.26 bits per heavy atom. The molecule has 1 fully saturated rings. The van der Waals surface area contributed by atoms with Crippen LogP contribution in [-0.2, 0) is 18.4 Å². The Morgan fingerprint density at radius 2 is 1.96 bits per heavy atom. The summed E-state index contributed by atoms with van der Waals surface area (Å²) in [5, 5.41) is 10.5. The number of halogens is 2. The number of amides is 2. The van der Waals surface area contributed by atoms with Crippen LogP contribution in [0.25, 0.3) is 0 Å². The van der Waals surface area contributed by atoms with Gasteiger partial charge < -0.3 is 10.2 Å². The van der Waals surface area contributed by atoms with Crippen molar-refractivity contribution in [2.24, 2.45) is 7.05 Å². The third-order valence-corrected chi connectivity index (χ3v) is 4.58. The average molecular weight is 380 g/mol. The Bertz CT molecular complexity index is 839. The Hall–Kier alpha value is -2.78. The topological polar surface area (TPSA) is 85.0 Å². The molecule has 3 heterocycles. The number of hydrogen-bond acceptors (Lipinski definition) is 4. The monoisotopic (exact) mass is 380 g/mol. The summed E-state index contributed by atoms with van der Waals surface area (Å²) in [7, 11) is 1.64. The number of nitrogens with one attached hydrogen (secondary N) is 1. The lowest BCUT2D eigenvalue weighted by molar-refractivity contribution is -0.117. The summed E-state index contributed by atoms with van der Waals surface area (Å²) in [6, 6.07) is 1.24. The number of rotatable bonds is 5. The fourth-order valence-electron chi connectivity index (χ4n) is 3.16. The lowest BCUT2D eigenvalue weighted by Crippen LogP contribution is -2.37. The standard InChI is InChI=1S/C17H22F2N6O2/c1-11-8-12(16(18)19)22-25(11)10-14(26)21-13-9-20-23(2)15(13)17(27)24-6-4-3-5-7-24/h8-9,16H,3-7,10H2,1-2H3,(H,21,26). The highest BCUT2D eigenvalue weighted by Crippen LogP contribution is 2.20. The van der Waals surface area contributed by atoms with Crippen LogP contribution in [0.3, 0.4) is 0 Å². The quantitative estimate of drug-likeness (QED) is 0.861. The first kappa shape index (κ1) is 19.0. The molecule has 8 nitrogen and oxygen atoms in total. The zero-order valence-corrected chi connectivity index (χ0v) is 15.3. The van der Waals surface area contributed by atoms with Crippen LogP contribution in [0.5, 0.6) is 0 Å². The highest BCUT2D eigenvalue weighted by atomic mass is 19.3. The first-order valence-corrected chi connectivity index (χ1v) is 8.80. The largest absolute Gasteiger partial charge is 0.337 e. The van der Waals surface area contributed by atoms with Gasteiger partial charge in [-0.25, -0.2) is 8.78 Å². The van der Waals surface area contributed by atoms with E-state index in [0.717, 1.165) is 19.3 Å². The minimum atomic E-state index is -2.69. The first-order valence-electron chi connectivity index (χ1n) is 8.80. The third kappa shape index (κ3) is 4.15. The van der Waals surface area contributed by atoms with E-state index >= 15 is 0 Å². The molecule has 0 aliphatic carbocycles. The maximum atomic E-state index is 12.8. The van der Waals surface area contributed by atoms with E-state index in [4.69, 9.17) is 0 Å². The third-order valence-electron chi connectivity index (χ3n) is 4.58. The second-order valence-electron chi connectivity index (χ2n) is 6.60. The molecule has 146 valence electrons. The van der Waals surface area contributed by atoms with E-state index in [2.05, 4.69) is 15.5 Å². The number of carbonyl (C=O) groups is 2. The van der Waals surface area contributed by atoms with Gasteiger partial charge in [-0.05, 0) is 32.3 Å². The van der Waals surface area contributed by atoms with Crippen molar-refractivity contribution in [2.75, 3.05) is 18.4 Å². The second-order valence-corrected chi connectivity index (χ2v) is 6.60. The molecule has 0 bridgehead atoms. The van der Waals surface area contributed by atoms with Crippen molar-refractivity contribution in [3.05, 3.63) is 29.3 Å². The molecule has 0 aromatic carbocycles. The number of carbonyl (C=O) groups excluding carboxylic acids is 2. The van der Waals surface area contributed by atoms with Gasteiger partial charge in [-0.2, -0.15) is 10.2 Å². The van der Waals surface area contributed by atoms with Crippen molar-refractivity contribution >= 4 is 17.5 Å². The summed E-state index contributed by atoms with van der Waals surface area (Å²) in [4.78, 5) is 26.9. The fourth-order valence-corrected chi connectivity index (χ4v) is 3.16. The summed E-state index contributed by atoms with van der Waals surface area (Å²) < 4.78 is 28.1. The van der Waals surface area contributed by atoms with E-state index in [1.54, 1.807) is 18.9 Å². The zero-order chi connectivity index (χ0) is 19.6. The predicted octanol–water partition coefficient (Wildman–Crippen LogP) is 2.13. The maximum Gasteiger partial charge on any atom is 0.282 e. The minimum Gasteiger partial charge on any atom is -0.337 e. The van der Waals surface area contributed by atoms with Gasteiger partial charge in [0.15, 0.2) is 0 Å². The van der Waals surface area contributed by atoms with Gasteiger partial charge in [-0.15, -0.1) is 0 Å². The van der Waals surface area contributed by atoms with Gasteiger partial charge in [0.25, 0.3) is 12.3 Å². The number of aryl methyl sites for hydroxylation is 2. The number of anilines is 1. The van der Waals surface area contributed by atoms with Gasteiger partial charge in [0, 0.05) is 25.8 Å². The van der Waals surface area contributed by atoms with Crippen molar-refractivity contribution < 1.29 is 18.4 Å². The molecule has 10 heteroatoms. The molecule has 3 rings (SSSR count). The Labute approximate surface area is 155 Å². The maximum absolute atomic E-state index is 12.8. The van der Waals surface area contributed by atoms with E-state index in [0.29, 0.717) is 30.2 Å². The summed E-state index contributed by atoms with van der Waals surface area (Å²) in [5.74, 6) is -0.650. The predicted molar refractivity (Wildman–Crippen MR) is 93.5 cm³/mol. The molecule has 2 aromatic heterocycles. The molecule has 1 aliphatic rings. The molecule has 27 heavy (non-hydrogen) atoms. The van der Waals surface area contributed by atoms with Crippen molar-refractivity contribution in [1.82, 2.24) is 24.5 Å². The van der Waals surface area contributed by atoms with Crippen molar-refractivity contribution in [2.45, 2.75) is 39.2 Å². The molecule has 2 aromatic rings. The molecular formula is C17H22F2N6O2. The van der Waals surface area contributed by atoms with Crippen LogP contribution in [0, 0.1) is 6.92 Å². The van der Waals surface area contributed by atoms with Crippen molar-refractivity contribution in [3.63, 3.8) is 0 Å². The van der Waals surface area contributed by atoms with E-state index in [-0.39, 0.29) is 18.1 Å². The zero-order valence-electron chi connectivity index (χ0n) is 15.3. The van der Waals surface area contributed by atoms with Gasteiger partial charge in [-0.3, -0.25) is 19.0 Å². The molecule has 0 saturated carbocycles. The van der Waals surface area contributed by atoms with Crippen LogP contribution >= 0.6 is 0 Å². The number of hydrogen-bond donors (Lipinski definition) is 1. The summed E-state index contributed by atoms with van der Waals surface area (Å²) in [5.41, 5.74) is 0.687. The van der Waals surface area contributed by atoms with Gasteiger partial charge in [-0.1, -0.05) is 0 Å². The van der Waals surface area contributed by atoms with E-state index in [1.165, 1.54) is 21.6 Å². The molecule has 2 amide bonds. The van der Waals surface area contributed by atoms with Crippen LogP contribution in [0.4, 0.5) is 14.5 Å². The van der Waals surface area contributed by atoms with Crippen molar-refractivity contribution in [1.29, 1.82) is 0 Å². The molecular weight excluding hydrogens is 358 g/mol. The van der Waals surface area contributed by atoms with Crippen LogP contribution in [0.15, 0.2) is 12.3 Å². The molecule has 0 spiro atoms. The van der Waals surface area contributed by atoms with Crippen molar-refractivity contribution in [3.8, 4) is 0 Å². The Morgan fingerprint density at radius 3 is 2.59 bits per heavy atom. The fraction of sp³-hybridized carbons (Fsp3) is 0.529. The van der Waals surface area contributed by atoms with Gasteiger partial charge in [0.1, 0.15) is 17.9 Å². The smallest absolute Gasteiger partial charge is 0.282 e. The Kier molecular flexibility index (Phi) is 5.52. The minimum absolute atomic E-state index is 0.180. The number of likely N-dealkylation sites (tertiary alicyclic amines) is 1. The van der Waals surface area contributed by atoms with Gasteiger partial charge in [0.05, 0.1) is 11.9 Å². The highest BCUT2D eigenvalue weighted by Gasteiger charge is 2.25. The Balaban J connectivity index is 1.72.